The molecule has 1 aliphatic heterocycles. The first-order chi connectivity index (χ1) is 8.54. The highest BCUT2D eigenvalue weighted by molar-refractivity contribution is 7.98. The molecule has 0 bridgehead atoms. The van der Waals surface area contributed by atoms with Gasteiger partial charge in [0.15, 0.2) is 0 Å². The van der Waals surface area contributed by atoms with Gasteiger partial charge in [0, 0.05) is 13.1 Å². The van der Waals surface area contributed by atoms with Crippen LogP contribution in [0, 0.1) is 5.92 Å². The standard InChI is InChI=1S/C12H22N2O3S/c1-9-4-3-6-14(8-9)12(17)13-10(11(15)16)5-7-18-2/h9-10H,3-8H2,1-2H3,(H,13,17)(H,15,16). The van der Waals surface area contributed by atoms with Crippen LogP contribution in [-0.2, 0) is 4.79 Å². The second-order valence-electron chi connectivity index (χ2n) is 4.82. The van der Waals surface area contributed by atoms with Crippen LogP contribution in [0.4, 0.5) is 4.79 Å². The summed E-state index contributed by atoms with van der Waals surface area (Å²) in [4.78, 5) is 24.7. The molecule has 0 aliphatic carbocycles. The van der Waals surface area contributed by atoms with Gasteiger partial charge in [-0.25, -0.2) is 9.59 Å². The van der Waals surface area contributed by atoms with E-state index in [9.17, 15) is 9.59 Å². The number of carbonyl (C=O) groups excluding carboxylic acids is 1. The first kappa shape index (κ1) is 15.1. The number of hydrogen-bond donors (Lipinski definition) is 2. The Morgan fingerprint density at radius 3 is 2.83 bits per heavy atom. The average molecular weight is 274 g/mol. The Hall–Kier alpha value is -0.910. The number of nitrogens with zero attached hydrogens (tertiary/aromatic N) is 1. The van der Waals surface area contributed by atoms with E-state index in [-0.39, 0.29) is 6.03 Å². The predicted molar refractivity (Wildman–Crippen MR) is 72.9 cm³/mol. The Balaban J connectivity index is 2.46. The van der Waals surface area contributed by atoms with Gasteiger partial charge in [-0.1, -0.05) is 6.92 Å². The SMILES string of the molecule is CSCCC(NC(=O)N1CCCC(C)C1)C(=O)O. The molecule has 104 valence electrons. The molecule has 1 fully saturated rings. The lowest BCUT2D eigenvalue weighted by molar-refractivity contribution is -0.139. The molecule has 2 N–H and O–H groups in total. The van der Waals surface area contributed by atoms with E-state index in [0.717, 1.165) is 31.7 Å². The number of hydrogen-bond acceptors (Lipinski definition) is 3. The number of carboxylic acid groups (broad SMARTS) is 1. The van der Waals surface area contributed by atoms with E-state index in [2.05, 4.69) is 12.2 Å². The van der Waals surface area contributed by atoms with Crippen LogP contribution >= 0.6 is 11.8 Å². The van der Waals surface area contributed by atoms with Gasteiger partial charge in [-0.3, -0.25) is 0 Å². The third kappa shape index (κ3) is 4.76. The number of thioether (sulfide) groups is 1. The molecule has 0 radical (unpaired) electrons. The van der Waals surface area contributed by atoms with Crippen molar-refractivity contribution in [1.82, 2.24) is 10.2 Å². The maximum atomic E-state index is 12.0. The zero-order chi connectivity index (χ0) is 13.5. The number of amides is 2. The summed E-state index contributed by atoms with van der Waals surface area (Å²) in [5.74, 6) is 0.273. The van der Waals surface area contributed by atoms with Gasteiger partial charge in [0.2, 0.25) is 0 Å². The molecule has 2 amide bonds. The Kier molecular flexibility index (Phi) is 6.32. The van der Waals surface area contributed by atoms with Crippen LogP contribution in [-0.4, -0.2) is 53.1 Å². The molecular weight excluding hydrogens is 252 g/mol. The maximum Gasteiger partial charge on any atom is 0.326 e. The van der Waals surface area contributed by atoms with Crippen molar-refractivity contribution in [2.24, 2.45) is 5.92 Å². The van der Waals surface area contributed by atoms with Gasteiger partial charge < -0.3 is 15.3 Å². The predicted octanol–water partition coefficient (Wildman–Crippen LogP) is 1.63. The van der Waals surface area contributed by atoms with Crippen molar-refractivity contribution in [1.29, 1.82) is 0 Å². The average Bonchev–Trinajstić information content (AvgIpc) is 2.33. The first-order valence-corrected chi connectivity index (χ1v) is 7.71. The van der Waals surface area contributed by atoms with Crippen LogP contribution in [0.25, 0.3) is 0 Å². The maximum absolute atomic E-state index is 12.0. The van der Waals surface area contributed by atoms with Crippen molar-refractivity contribution in [3.63, 3.8) is 0 Å². The van der Waals surface area contributed by atoms with Gasteiger partial charge in [-0.15, -0.1) is 0 Å². The second-order valence-corrected chi connectivity index (χ2v) is 5.80. The minimum absolute atomic E-state index is 0.241. The lowest BCUT2D eigenvalue weighted by Crippen LogP contribution is -2.50. The quantitative estimate of drug-likeness (QED) is 0.799. The number of carboxylic acids is 1. The van der Waals surface area contributed by atoms with E-state index in [1.165, 1.54) is 0 Å². The van der Waals surface area contributed by atoms with Crippen molar-refractivity contribution < 1.29 is 14.7 Å². The zero-order valence-electron chi connectivity index (χ0n) is 11.0. The summed E-state index contributed by atoms with van der Waals surface area (Å²) in [5, 5.41) is 11.7. The number of urea groups is 1. The fraction of sp³-hybridized carbons (Fsp3) is 0.833. The minimum atomic E-state index is -0.956. The topological polar surface area (TPSA) is 69.6 Å². The van der Waals surface area contributed by atoms with E-state index in [0.29, 0.717) is 12.3 Å². The molecule has 6 heteroatoms. The highest BCUT2D eigenvalue weighted by Gasteiger charge is 2.25. The monoisotopic (exact) mass is 274 g/mol. The number of aliphatic carboxylic acids is 1. The summed E-state index contributed by atoms with van der Waals surface area (Å²) >= 11 is 1.58. The number of nitrogens with one attached hydrogen (secondary N) is 1. The first-order valence-electron chi connectivity index (χ1n) is 6.31. The Morgan fingerprint density at radius 2 is 2.28 bits per heavy atom. The summed E-state index contributed by atoms with van der Waals surface area (Å²) in [5.41, 5.74) is 0. The molecule has 0 aromatic rings. The molecule has 0 saturated carbocycles. The number of likely N-dealkylation sites (tertiary alicyclic amines) is 1. The Labute approximate surface area is 112 Å². The fourth-order valence-electron chi connectivity index (χ4n) is 2.11. The molecule has 1 heterocycles. The van der Waals surface area contributed by atoms with Crippen molar-refractivity contribution in [3.05, 3.63) is 0 Å². The highest BCUT2D eigenvalue weighted by atomic mass is 32.2. The number of carbonyl (C=O) groups is 2. The van der Waals surface area contributed by atoms with E-state index < -0.39 is 12.0 Å². The lowest BCUT2D eigenvalue weighted by Gasteiger charge is -2.31. The van der Waals surface area contributed by atoms with Gasteiger partial charge >= 0.3 is 12.0 Å². The number of piperidine rings is 1. The van der Waals surface area contributed by atoms with E-state index in [1.54, 1.807) is 16.7 Å². The zero-order valence-corrected chi connectivity index (χ0v) is 11.8. The molecule has 5 nitrogen and oxygen atoms in total. The third-order valence-corrected chi connectivity index (χ3v) is 3.79. The van der Waals surface area contributed by atoms with Crippen LogP contribution in [0.3, 0.4) is 0 Å². The molecule has 1 rings (SSSR count). The van der Waals surface area contributed by atoms with Gasteiger partial charge in [0.25, 0.3) is 0 Å². The second kappa shape index (κ2) is 7.51. The third-order valence-electron chi connectivity index (χ3n) is 3.15. The lowest BCUT2D eigenvalue weighted by atomic mass is 10.0. The van der Waals surface area contributed by atoms with Crippen LogP contribution in [0.15, 0.2) is 0 Å². The smallest absolute Gasteiger partial charge is 0.326 e. The van der Waals surface area contributed by atoms with Crippen molar-refractivity contribution in [3.8, 4) is 0 Å². The fourth-order valence-corrected chi connectivity index (χ4v) is 2.58. The molecular formula is C12H22N2O3S. The molecule has 1 saturated heterocycles. The summed E-state index contributed by atoms with van der Waals surface area (Å²) in [7, 11) is 0. The highest BCUT2D eigenvalue weighted by Crippen LogP contribution is 2.15. The van der Waals surface area contributed by atoms with Crippen molar-refractivity contribution >= 4 is 23.8 Å². The Bertz CT molecular complexity index is 299. The van der Waals surface area contributed by atoms with Crippen LogP contribution < -0.4 is 5.32 Å². The minimum Gasteiger partial charge on any atom is -0.480 e. The molecule has 1 aliphatic rings. The molecule has 0 aromatic heterocycles. The summed E-state index contributed by atoms with van der Waals surface area (Å²) in [6, 6.07) is -1.02. The number of rotatable bonds is 5. The molecule has 18 heavy (non-hydrogen) atoms. The van der Waals surface area contributed by atoms with Crippen molar-refractivity contribution in [2.75, 3.05) is 25.1 Å². The molecule has 2 unspecified atom stereocenters. The van der Waals surface area contributed by atoms with E-state index in [1.807, 2.05) is 6.26 Å². The van der Waals surface area contributed by atoms with Gasteiger partial charge in [-0.05, 0) is 37.2 Å². The molecule has 2 atom stereocenters. The summed E-state index contributed by atoms with van der Waals surface area (Å²) in [6.45, 7) is 3.56. The van der Waals surface area contributed by atoms with Gasteiger partial charge in [-0.2, -0.15) is 11.8 Å². The molecule has 0 spiro atoms. The Morgan fingerprint density at radius 1 is 1.56 bits per heavy atom. The normalized spacial score (nSPS) is 21.4. The largest absolute Gasteiger partial charge is 0.480 e. The summed E-state index contributed by atoms with van der Waals surface area (Å²) in [6.07, 6.45) is 4.52. The van der Waals surface area contributed by atoms with Gasteiger partial charge in [0.05, 0.1) is 0 Å². The van der Waals surface area contributed by atoms with E-state index in [4.69, 9.17) is 5.11 Å². The van der Waals surface area contributed by atoms with Crippen LogP contribution in [0.5, 0.6) is 0 Å². The van der Waals surface area contributed by atoms with E-state index >= 15 is 0 Å². The van der Waals surface area contributed by atoms with Crippen molar-refractivity contribution in [2.45, 2.75) is 32.2 Å². The van der Waals surface area contributed by atoms with Crippen LogP contribution in [0.1, 0.15) is 26.2 Å². The van der Waals surface area contributed by atoms with Crippen LogP contribution in [0.2, 0.25) is 0 Å². The van der Waals surface area contributed by atoms with Gasteiger partial charge in [0.1, 0.15) is 6.04 Å². The molecule has 0 aromatic carbocycles. The summed E-state index contributed by atoms with van der Waals surface area (Å²) < 4.78 is 0.